The van der Waals surface area contributed by atoms with Gasteiger partial charge in [-0.3, -0.25) is 0 Å². The molecule has 236 valence electrons. The fourth-order valence-electron chi connectivity index (χ4n) is 8.02. The number of hydrogen-bond donors (Lipinski definition) is 0. The molecule has 0 bridgehead atoms. The molecule has 2 nitrogen and oxygen atoms in total. The number of nitrogens with zero attached hydrogens (tertiary/aromatic N) is 1. The van der Waals surface area contributed by atoms with Gasteiger partial charge in [-0.25, -0.2) is 0 Å². The van der Waals surface area contributed by atoms with E-state index in [1.807, 2.05) is 0 Å². The van der Waals surface area contributed by atoms with Gasteiger partial charge in [-0.2, -0.15) is 0 Å². The number of rotatable bonds is 6. The van der Waals surface area contributed by atoms with E-state index in [2.05, 4.69) is 188 Å². The lowest BCUT2D eigenvalue weighted by Crippen LogP contribution is -2.28. The highest BCUT2D eigenvalue weighted by Crippen LogP contribution is 2.54. The van der Waals surface area contributed by atoms with Crippen LogP contribution in [0.15, 0.2) is 182 Å². The van der Waals surface area contributed by atoms with Crippen molar-refractivity contribution in [2.24, 2.45) is 0 Å². The Bertz CT molecular complexity index is 2280. The molecule has 0 amide bonds. The van der Waals surface area contributed by atoms with Crippen molar-refractivity contribution in [1.82, 2.24) is 0 Å². The molecule has 1 heterocycles. The van der Waals surface area contributed by atoms with Gasteiger partial charge in [0.25, 0.3) is 0 Å². The SMILES string of the molecule is CC12C[C@H](c3cccc(N(c4cc(-c5ccccc5)cc(-c5ccccc5)c4)c4cccc5ccccc45)c3)CC=C1Oc1ccccc12. The summed E-state index contributed by atoms with van der Waals surface area (Å²) < 4.78 is 6.36. The molecule has 9 rings (SSSR count). The first-order chi connectivity index (χ1) is 24.1. The molecule has 1 aliphatic carbocycles. The van der Waals surface area contributed by atoms with Gasteiger partial charge in [0.1, 0.15) is 11.5 Å². The molecule has 0 spiro atoms. The molecule has 0 aromatic heterocycles. The van der Waals surface area contributed by atoms with Crippen molar-refractivity contribution in [2.75, 3.05) is 4.90 Å². The summed E-state index contributed by atoms with van der Waals surface area (Å²) in [6.45, 7) is 2.35. The minimum absolute atomic E-state index is 0.126. The van der Waals surface area contributed by atoms with Gasteiger partial charge in [-0.1, -0.05) is 127 Å². The van der Waals surface area contributed by atoms with Gasteiger partial charge in [0.05, 0.1) is 11.1 Å². The van der Waals surface area contributed by atoms with E-state index >= 15 is 0 Å². The molecule has 1 unspecified atom stereocenters. The largest absolute Gasteiger partial charge is 0.461 e. The van der Waals surface area contributed by atoms with E-state index in [9.17, 15) is 0 Å². The Kier molecular flexibility index (Phi) is 7.16. The molecule has 2 aliphatic rings. The lowest BCUT2D eigenvalue weighted by atomic mass is 9.69. The molecule has 7 aromatic carbocycles. The van der Waals surface area contributed by atoms with Gasteiger partial charge in [0.15, 0.2) is 0 Å². The lowest BCUT2D eigenvalue weighted by molar-refractivity contribution is 0.326. The summed E-state index contributed by atoms with van der Waals surface area (Å²) in [5.41, 5.74) is 10.8. The maximum absolute atomic E-state index is 6.36. The molecule has 2 atom stereocenters. The number of para-hydroxylation sites is 1. The molecule has 2 heteroatoms. The molecule has 0 fully saturated rings. The summed E-state index contributed by atoms with van der Waals surface area (Å²) in [5.74, 6) is 2.47. The van der Waals surface area contributed by atoms with E-state index in [-0.39, 0.29) is 5.41 Å². The summed E-state index contributed by atoms with van der Waals surface area (Å²) in [7, 11) is 0. The van der Waals surface area contributed by atoms with Crippen LogP contribution < -0.4 is 9.64 Å². The average molecular weight is 632 g/mol. The Morgan fingerprint density at radius 3 is 2.00 bits per heavy atom. The van der Waals surface area contributed by atoms with Gasteiger partial charge >= 0.3 is 0 Å². The van der Waals surface area contributed by atoms with E-state index in [0.29, 0.717) is 5.92 Å². The van der Waals surface area contributed by atoms with E-state index < -0.39 is 0 Å². The lowest BCUT2D eigenvalue weighted by Gasteiger charge is -2.34. The standard InChI is InChI=1S/C47H37NO/c1-47-32-37(26-27-46(47)49-45-25-11-10-23-43(45)47)36-20-12-21-40(29-36)48(44-24-13-19-35-18-8-9-22-42(35)44)41-30-38(33-14-4-2-5-15-33)28-39(31-41)34-16-6-3-7-17-34/h2-25,27-31,37H,26,32H2,1H3/t37-,47?/m1/s1. The highest BCUT2D eigenvalue weighted by molar-refractivity contribution is 5.99. The average Bonchev–Trinajstić information content (AvgIpc) is 3.47. The quantitative estimate of drug-likeness (QED) is 0.181. The third-order valence-corrected chi connectivity index (χ3v) is 10.5. The smallest absolute Gasteiger partial charge is 0.131 e. The van der Waals surface area contributed by atoms with Crippen LogP contribution >= 0.6 is 0 Å². The Labute approximate surface area is 288 Å². The number of benzene rings is 7. The zero-order chi connectivity index (χ0) is 32.8. The van der Waals surface area contributed by atoms with E-state index in [1.165, 1.54) is 44.2 Å². The van der Waals surface area contributed by atoms with Crippen LogP contribution in [0.2, 0.25) is 0 Å². The van der Waals surface area contributed by atoms with Crippen molar-refractivity contribution in [2.45, 2.75) is 31.1 Å². The third-order valence-electron chi connectivity index (χ3n) is 10.5. The Hall–Kier alpha value is -5.86. The van der Waals surface area contributed by atoms with Crippen molar-refractivity contribution in [3.05, 3.63) is 193 Å². The number of anilines is 3. The van der Waals surface area contributed by atoms with Crippen LogP contribution in [0.4, 0.5) is 17.1 Å². The highest BCUT2D eigenvalue weighted by Gasteiger charge is 2.45. The van der Waals surface area contributed by atoms with Crippen molar-refractivity contribution < 1.29 is 4.74 Å². The van der Waals surface area contributed by atoms with Crippen molar-refractivity contribution in [1.29, 1.82) is 0 Å². The van der Waals surface area contributed by atoms with Crippen molar-refractivity contribution in [3.63, 3.8) is 0 Å². The van der Waals surface area contributed by atoms with Gasteiger partial charge in [0.2, 0.25) is 0 Å². The molecular formula is C47H37NO. The van der Waals surface area contributed by atoms with Gasteiger partial charge < -0.3 is 9.64 Å². The first-order valence-corrected chi connectivity index (χ1v) is 17.3. The summed E-state index contributed by atoms with van der Waals surface area (Å²) in [4.78, 5) is 2.46. The fourth-order valence-corrected chi connectivity index (χ4v) is 8.02. The molecule has 0 saturated heterocycles. The van der Waals surface area contributed by atoms with Crippen LogP contribution in [0.5, 0.6) is 5.75 Å². The van der Waals surface area contributed by atoms with Gasteiger partial charge in [-0.15, -0.1) is 0 Å². The van der Waals surface area contributed by atoms with Crippen LogP contribution in [-0.2, 0) is 5.41 Å². The molecule has 7 aromatic rings. The van der Waals surface area contributed by atoms with E-state index in [1.54, 1.807) is 0 Å². The molecule has 0 N–H and O–H groups in total. The van der Waals surface area contributed by atoms with Crippen molar-refractivity contribution in [3.8, 4) is 28.0 Å². The zero-order valence-corrected chi connectivity index (χ0v) is 27.6. The Balaban J connectivity index is 1.21. The fraction of sp³-hybridized carbons (Fsp3) is 0.106. The molecule has 49 heavy (non-hydrogen) atoms. The second kappa shape index (κ2) is 12.0. The maximum Gasteiger partial charge on any atom is 0.131 e. The van der Waals surface area contributed by atoms with Crippen molar-refractivity contribution >= 4 is 27.8 Å². The predicted octanol–water partition coefficient (Wildman–Crippen LogP) is 12.8. The summed E-state index contributed by atoms with van der Waals surface area (Å²) in [5, 5.41) is 2.45. The van der Waals surface area contributed by atoms with Gasteiger partial charge in [-0.05, 0) is 107 Å². The number of ether oxygens (including phenoxy) is 1. The summed E-state index contributed by atoms with van der Waals surface area (Å²) >= 11 is 0. The topological polar surface area (TPSA) is 12.5 Å². The Morgan fingerprint density at radius 1 is 0.571 bits per heavy atom. The third kappa shape index (κ3) is 5.21. The Morgan fingerprint density at radius 2 is 1.22 bits per heavy atom. The molecule has 0 radical (unpaired) electrons. The first-order valence-electron chi connectivity index (χ1n) is 17.3. The second-order valence-electron chi connectivity index (χ2n) is 13.6. The van der Waals surface area contributed by atoms with Gasteiger partial charge in [0, 0.05) is 22.3 Å². The minimum atomic E-state index is -0.126. The normalized spacial score (nSPS) is 17.9. The zero-order valence-electron chi connectivity index (χ0n) is 27.6. The number of allylic oxidation sites excluding steroid dienone is 2. The molecular weight excluding hydrogens is 595 g/mol. The van der Waals surface area contributed by atoms with Crippen LogP contribution in [0.1, 0.15) is 36.8 Å². The van der Waals surface area contributed by atoms with Crippen LogP contribution in [0, 0.1) is 0 Å². The predicted molar refractivity (Wildman–Crippen MR) is 204 cm³/mol. The molecule has 0 saturated carbocycles. The number of hydrogen-bond acceptors (Lipinski definition) is 2. The number of fused-ring (bicyclic) bond motifs is 4. The van der Waals surface area contributed by atoms with E-state index in [0.717, 1.165) is 41.4 Å². The van der Waals surface area contributed by atoms with E-state index in [4.69, 9.17) is 4.74 Å². The summed E-state index contributed by atoms with van der Waals surface area (Å²) in [6.07, 6.45) is 4.30. The van der Waals surface area contributed by atoms with Crippen LogP contribution in [-0.4, -0.2) is 0 Å². The maximum atomic E-state index is 6.36. The van der Waals surface area contributed by atoms with Crippen LogP contribution in [0.25, 0.3) is 33.0 Å². The highest BCUT2D eigenvalue weighted by atomic mass is 16.5. The molecule has 1 aliphatic heterocycles. The second-order valence-corrected chi connectivity index (χ2v) is 13.6. The minimum Gasteiger partial charge on any atom is -0.461 e. The first kappa shape index (κ1) is 29.3. The monoisotopic (exact) mass is 631 g/mol. The summed E-state index contributed by atoms with van der Waals surface area (Å²) in [6, 6.07) is 61.6. The van der Waals surface area contributed by atoms with Crippen LogP contribution in [0.3, 0.4) is 0 Å².